The average Bonchev–Trinajstić information content (AvgIpc) is 2.85. The summed E-state index contributed by atoms with van der Waals surface area (Å²) >= 11 is 0. The van der Waals surface area contributed by atoms with Crippen molar-refractivity contribution in [2.24, 2.45) is 0 Å². The van der Waals surface area contributed by atoms with Crippen LogP contribution >= 0.6 is 0 Å². The highest BCUT2D eigenvalue weighted by molar-refractivity contribution is 5.92. The van der Waals surface area contributed by atoms with Crippen LogP contribution in [0.5, 0.6) is 0 Å². The van der Waals surface area contributed by atoms with Gasteiger partial charge in [-0.3, -0.25) is 4.98 Å². The fourth-order valence-electron chi connectivity index (χ4n) is 3.63. The van der Waals surface area contributed by atoms with E-state index in [9.17, 15) is 26.3 Å². The molecule has 0 fully saturated rings. The van der Waals surface area contributed by atoms with E-state index in [4.69, 9.17) is 4.74 Å². The van der Waals surface area contributed by atoms with E-state index >= 15 is 0 Å². The molecule has 0 spiro atoms. The molecule has 12 heteroatoms. The molecule has 0 saturated carbocycles. The Balaban J connectivity index is 1.74. The summed E-state index contributed by atoms with van der Waals surface area (Å²) in [6.45, 7) is 1.16. The monoisotopic (exact) mass is 535 g/mol. The number of likely N-dealkylation sites (N-methyl/N-ethyl adjacent to an activating group) is 1. The van der Waals surface area contributed by atoms with Crippen molar-refractivity contribution in [1.82, 2.24) is 19.9 Å². The standard InChI is InChI=1S/C26H23F6N5O/c1-37(2)12-13-38-15-18-14-22(34-17-7-5-16(6-8-17)25(27,28)29)19-9-10-21(36-24(19)35-18)23-20(26(30,31)32)4-3-11-33-23/h3-11,14H,12-13,15H2,1-2H3,(H,34,35,36). The number of anilines is 2. The van der Waals surface area contributed by atoms with E-state index in [-0.39, 0.29) is 23.6 Å². The molecule has 3 heterocycles. The Morgan fingerprint density at radius 3 is 2.29 bits per heavy atom. The van der Waals surface area contributed by atoms with Crippen LogP contribution < -0.4 is 5.32 Å². The molecule has 0 amide bonds. The largest absolute Gasteiger partial charge is 0.418 e. The van der Waals surface area contributed by atoms with Gasteiger partial charge in [-0.2, -0.15) is 26.3 Å². The maximum atomic E-state index is 13.6. The zero-order chi connectivity index (χ0) is 27.5. The molecule has 0 aliphatic rings. The third kappa shape index (κ3) is 6.56. The van der Waals surface area contributed by atoms with Gasteiger partial charge in [0.05, 0.1) is 41.4 Å². The summed E-state index contributed by atoms with van der Waals surface area (Å²) in [6.07, 6.45) is -7.86. The topological polar surface area (TPSA) is 63.2 Å². The van der Waals surface area contributed by atoms with Crippen molar-refractivity contribution in [1.29, 1.82) is 0 Å². The van der Waals surface area contributed by atoms with Gasteiger partial charge < -0.3 is 15.0 Å². The van der Waals surface area contributed by atoms with Crippen molar-refractivity contribution < 1.29 is 31.1 Å². The smallest absolute Gasteiger partial charge is 0.374 e. The van der Waals surface area contributed by atoms with Crippen molar-refractivity contribution >= 4 is 22.4 Å². The van der Waals surface area contributed by atoms with Crippen LogP contribution in [0.1, 0.15) is 16.8 Å². The lowest BCUT2D eigenvalue weighted by Crippen LogP contribution is -2.18. The fourth-order valence-corrected chi connectivity index (χ4v) is 3.63. The van der Waals surface area contributed by atoms with E-state index in [0.717, 1.165) is 18.2 Å². The third-order valence-electron chi connectivity index (χ3n) is 5.51. The van der Waals surface area contributed by atoms with E-state index in [1.54, 1.807) is 12.1 Å². The molecule has 0 radical (unpaired) electrons. The van der Waals surface area contributed by atoms with Crippen LogP contribution in [0.2, 0.25) is 0 Å². The lowest BCUT2D eigenvalue weighted by Gasteiger charge is -2.15. The summed E-state index contributed by atoms with van der Waals surface area (Å²) in [6, 6.07) is 11.2. The number of aromatic nitrogens is 3. The third-order valence-corrected chi connectivity index (χ3v) is 5.51. The molecule has 6 nitrogen and oxygen atoms in total. The zero-order valence-corrected chi connectivity index (χ0v) is 20.4. The van der Waals surface area contributed by atoms with E-state index in [1.807, 2.05) is 19.0 Å². The van der Waals surface area contributed by atoms with E-state index in [0.29, 0.717) is 35.6 Å². The Morgan fingerprint density at radius 1 is 0.895 bits per heavy atom. The molecule has 1 N–H and O–H groups in total. The number of nitrogens with zero attached hydrogens (tertiary/aromatic N) is 4. The summed E-state index contributed by atoms with van der Waals surface area (Å²) < 4.78 is 85.2. The Hall–Kier alpha value is -3.77. The number of fused-ring (bicyclic) bond motifs is 1. The van der Waals surface area contributed by atoms with Gasteiger partial charge in [-0.25, -0.2) is 9.97 Å². The van der Waals surface area contributed by atoms with Gasteiger partial charge in [0.1, 0.15) is 5.69 Å². The summed E-state index contributed by atoms with van der Waals surface area (Å²) in [4.78, 5) is 14.7. The number of hydrogen-bond acceptors (Lipinski definition) is 6. The van der Waals surface area contributed by atoms with Crippen molar-refractivity contribution in [3.8, 4) is 11.4 Å². The van der Waals surface area contributed by atoms with Crippen LogP contribution in [-0.2, 0) is 23.7 Å². The van der Waals surface area contributed by atoms with Crippen molar-refractivity contribution in [2.75, 3.05) is 32.6 Å². The van der Waals surface area contributed by atoms with E-state index in [1.165, 1.54) is 30.5 Å². The van der Waals surface area contributed by atoms with Crippen molar-refractivity contribution in [3.63, 3.8) is 0 Å². The summed E-state index contributed by atoms with van der Waals surface area (Å²) in [5.41, 5.74) is -0.692. The number of halogens is 6. The molecule has 0 unspecified atom stereocenters. The number of rotatable bonds is 8. The molecule has 3 aromatic heterocycles. The van der Waals surface area contributed by atoms with Crippen LogP contribution in [0, 0.1) is 0 Å². The van der Waals surface area contributed by atoms with Crippen LogP contribution in [0.25, 0.3) is 22.4 Å². The molecule has 4 rings (SSSR count). The normalized spacial score (nSPS) is 12.3. The second-order valence-electron chi connectivity index (χ2n) is 8.68. The Bertz CT molecular complexity index is 1400. The van der Waals surface area contributed by atoms with Crippen molar-refractivity contribution in [2.45, 2.75) is 19.0 Å². The number of benzene rings is 1. The number of alkyl halides is 6. The minimum Gasteiger partial charge on any atom is -0.374 e. The highest BCUT2D eigenvalue weighted by Crippen LogP contribution is 2.36. The van der Waals surface area contributed by atoms with E-state index < -0.39 is 23.5 Å². The minimum atomic E-state index is -4.63. The van der Waals surface area contributed by atoms with E-state index in [2.05, 4.69) is 20.3 Å². The predicted octanol–water partition coefficient (Wildman–Crippen LogP) is 6.55. The number of hydrogen-bond donors (Lipinski definition) is 1. The Kier molecular flexibility index (Phi) is 7.83. The molecule has 200 valence electrons. The first-order chi connectivity index (χ1) is 17.9. The van der Waals surface area contributed by atoms with Crippen LogP contribution in [0.3, 0.4) is 0 Å². The minimum absolute atomic E-state index is 0.0240. The lowest BCUT2D eigenvalue weighted by atomic mass is 10.1. The highest BCUT2D eigenvalue weighted by Gasteiger charge is 2.34. The Labute approximate surface area is 214 Å². The van der Waals surface area contributed by atoms with Crippen LogP contribution in [0.4, 0.5) is 37.7 Å². The summed E-state index contributed by atoms with van der Waals surface area (Å²) in [5, 5.41) is 3.52. The first-order valence-electron chi connectivity index (χ1n) is 11.4. The summed E-state index contributed by atoms with van der Waals surface area (Å²) in [7, 11) is 3.78. The molecule has 1 aromatic carbocycles. The number of pyridine rings is 3. The maximum absolute atomic E-state index is 13.6. The second kappa shape index (κ2) is 10.9. The number of ether oxygens (including phenoxy) is 1. The molecule has 0 atom stereocenters. The maximum Gasteiger partial charge on any atom is 0.418 e. The quantitative estimate of drug-likeness (QED) is 0.204. The predicted molar refractivity (Wildman–Crippen MR) is 131 cm³/mol. The first kappa shape index (κ1) is 27.3. The number of nitrogens with one attached hydrogen (secondary N) is 1. The molecule has 0 aliphatic heterocycles. The average molecular weight is 535 g/mol. The fraction of sp³-hybridized carbons (Fsp3) is 0.269. The molecule has 0 aliphatic carbocycles. The van der Waals surface area contributed by atoms with Gasteiger partial charge >= 0.3 is 12.4 Å². The first-order valence-corrected chi connectivity index (χ1v) is 11.4. The molecular weight excluding hydrogens is 512 g/mol. The van der Waals surface area contributed by atoms with Crippen molar-refractivity contribution in [3.05, 3.63) is 77.6 Å². The molecular formula is C26H23F6N5O. The van der Waals surface area contributed by atoms with Gasteiger partial charge in [0.15, 0.2) is 5.65 Å². The Morgan fingerprint density at radius 2 is 1.63 bits per heavy atom. The molecule has 38 heavy (non-hydrogen) atoms. The van der Waals surface area contributed by atoms with Gasteiger partial charge in [-0.15, -0.1) is 0 Å². The van der Waals surface area contributed by atoms with Crippen LogP contribution in [-0.4, -0.2) is 47.1 Å². The van der Waals surface area contributed by atoms with Gasteiger partial charge in [0.25, 0.3) is 0 Å². The van der Waals surface area contributed by atoms with Gasteiger partial charge in [-0.05, 0) is 68.7 Å². The molecule has 0 bridgehead atoms. The van der Waals surface area contributed by atoms with Gasteiger partial charge in [-0.1, -0.05) is 0 Å². The lowest BCUT2D eigenvalue weighted by molar-refractivity contribution is -0.138. The van der Waals surface area contributed by atoms with Gasteiger partial charge in [0.2, 0.25) is 0 Å². The second-order valence-corrected chi connectivity index (χ2v) is 8.68. The highest BCUT2D eigenvalue weighted by atomic mass is 19.4. The molecule has 4 aromatic rings. The van der Waals surface area contributed by atoms with Crippen LogP contribution in [0.15, 0.2) is 60.8 Å². The van der Waals surface area contributed by atoms with Gasteiger partial charge in [0, 0.05) is 23.8 Å². The SMILES string of the molecule is CN(C)CCOCc1cc(Nc2ccc(C(F)(F)F)cc2)c2ccc(-c3ncccc3C(F)(F)F)nc2n1. The summed E-state index contributed by atoms with van der Waals surface area (Å²) in [5.74, 6) is 0. The molecule has 0 saturated heterocycles. The zero-order valence-electron chi connectivity index (χ0n) is 20.4.